The van der Waals surface area contributed by atoms with Gasteiger partial charge in [0.2, 0.25) is 5.89 Å². The lowest BCUT2D eigenvalue weighted by molar-refractivity contribution is 0.0382. The van der Waals surface area contributed by atoms with E-state index in [1.54, 1.807) is 18.2 Å². The first-order valence-corrected chi connectivity index (χ1v) is 9.88. The molecule has 140 valence electrons. The van der Waals surface area contributed by atoms with E-state index in [1.807, 2.05) is 0 Å². The van der Waals surface area contributed by atoms with Gasteiger partial charge >= 0.3 is 11.8 Å². The lowest BCUT2D eigenvalue weighted by Crippen LogP contribution is -2.41. The van der Waals surface area contributed by atoms with Crippen molar-refractivity contribution in [3.63, 3.8) is 0 Å². The van der Waals surface area contributed by atoms with Gasteiger partial charge in [0.1, 0.15) is 5.75 Å². The Kier molecular flexibility index (Phi) is 5.96. The van der Waals surface area contributed by atoms with Crippen LogP contribution in [0.1, 0.15) is 16.6 Å². The summed E-state index contributed by atoms with van der Waals surface area (Å²) < 4.78 is 35.0. The first-order valence-electron chi connectivity index (χ1n) is 8.23. The van der Waals surface area contributed by atoms with Crippen LogP contribution in [0.4, 0.5) is 0 Å². The molecule has 0 saturated carbocycles. The second kappa shape index (κ2) is 8.39. The lowest BCUT2D eigenvalue weighted by atomic mass is 10.4. The van der Waals surface area contributed by atoms with Crippen molar-refractivity contribution in [3.8, 4) is 0 Å². The van der Waals surface area contributed by atoms with E-state index in [0.717, 1.165) is 13.1 Å². The summed E-state index contributed by atoms with van der Waals surface area (Å²) in [5.41, 5.74) is 0. The third-order valence-electron chi connectivity index (χ3n) is 3.89. The zero-order chi connectivity index (χ0) is 18.4. The van der Waals surface area contributed by atoms with Gasteiger partial charge in [0.05, 0.1) is 18.1 Å². The van der Waals surface area contributed by atoms with E-state index in [1.165, 1.54) is 12.1 Å². The van der Waals surface area contributed by atoms with E-state index in [9.17, 15) is 13.2 Å². The van der Waals surface area contributed by atoms with E-state index >= 15 is 0 Å². The maximum Gasteiger partial charge on any atom is 0.308 e. The molecule has 26 heavy (non-hydrogen) atoms. The van der Waals surface area contributed by atoms with Crippen LogP contribution in [0, 0.1) is 0 Å². The SMILES string of the molecule is O=C(NCCN1CCOCC1)c1nnc(CS(=O)(=O)c2ccccc2)o1. The number of hydrogen-bond donors (Lipinski definition) is 1. The molecule has 1 aliphatic heterocycles. The Hall–Kier alpha value is -2.30. The fourth-order valence-electron chi connectivity index (χ4n) is 2.51. The molecule has 9 nitrogen and oxygen atoms in total. The van der Waals surface area contributed by atoms with Crippen LogP contribution in [0.15, 0.2) is 39.6 Å². The van der Waals surface area contributed by atoms with E-state index in [2.05, 4.69) is 20.4 Å². The number of nitrogens with one attached hydrogen (secondary N) is 1. The van der Waals surface area contributed by atoms with Crippen molar-refractivity contribution in [2.75, 3.05) is 39.4 Å². The Morgan fingerprint density at radius 2 is 1.88 bits per heavy atom. The quantitative estimate of drug-likeness (QED) is 0.720. The molecule has 1 saturated heterocycles. The van der Waals surface area contributed by atoms with Crippen LogP contribution < -0.4 is 5.32 Å². The molecule has 1 aliphatic rings. The first-order chi connectivity index (χ1) is 12.5. The number of benzene rings is 1. The monoisotopic (exact) mass is 380 g/mol. The molecule has 0 aliphatic carbocycles. The van der Waals surface area contributed by atoms with E-state index in [0.29, 0.717) is 26.3 Å². The predicted molar refractivity (Wildman–Crippen MR) is 91.2 cm³/mol. The molecule has 10 heteroatoms. The smallest absolute Gasteiger partial charge is 0.308 e. The van der Waals surface area contributed by atoms with Crippen molar-refractivity contribution in [2.45, 2.75) is 10.6 Å². The van der Waals surface area contributed by atoms with Crippen LogP contribution in [0.5, 0.6) is 0 Å². The van der Waals surface area contributed by atoms with Gasteiger partial charge in [-0.25, -0.2) is 8.42 Å². The van der Waals surface area contributed by atoms with Crippen LogP contribution >= 0.6 is 0 Å². The summed E-state index contributed by atoms with van der Waals surface area (Å²) in [7, 11) is -3.60. The van der Waals surface area contributed by atoms with Gasteiger partial charge in [0, 0.05) is 26.2 Å². The molecule has 2 heterocycles. The zero-order valence-corrected chi connectivity index (χ0v) is 14.9. The number of rotatable bonds is 7. The largest absolute Gasteiger partial charge is 0.416 e. The summed E-state index contributed by atoms with van der Waals surface area (Å²) in [5, 5.41) is 9.98. The number of nitrogens with zero attached hydrogens (tertiary/aromatic N) is 3. The maximum absolute atomic E-state index is 12.3. The summed E-state index contributed by atoms with van der Waals surface area (Å²) in [6.45, 7) is 4.17. The van der Waals surface area contributed by atoms with Crippen molar-refractivity contribution in [1.29, 1.82) is 0 Å². The van der Waals surface area contributed by atoms with Gasteiger partial charge in [-0.3, -0.25) is 9.69 Å². The number of carbonyl (C=O) groups is 1. The normalized spacial score (nSPS) is 15.7. The standard InChI is InChI=1S/C16H20N4O5S/c21-15(17-6-7-20-8-10-24-11-9-20)16-19-18-14(25-16)12-26(22,23)13-4-2-1-3-5-13/h1-5H,6-12H2,(H,17,21). The third-order valence-corrected chi connectivity index (χ3v) is 5.51. The fourth-order valence-corrected chi connectivity index (χ4v) is 3.69. The van der Waals surface area contributed by atoms with E-state index in [-0.39, 0.29) is 16.7 Å². The second-order valence-corrected chi connectivity index (χ2v) is 7.77. The van der Waals surface area contributed by atoms with Crippen LogP contribution in [0.2, 0.25) is 0 Å². The number of carbonyl (C=O) groups excluding carboxylic acids is 1. The number of sulfone groups is 1. The molecule has 1 aromatic heterocycles. The van der Waals surface area contributed by atoms with Crippen molar-refractivity contribution in [1.82, 2.24) is 20.4 Å². The van der Waals surface area contributed by atoms with Crippen molar-refractivity contribution in [2.24, 2.45) is 0 Å². The van der Waals surface area contributed by atoms with Crippen molar-refractivity contribution < 1.29 is 22.4 Å². The number of ether oxygens (including phenoxy) is 1. The highest BCUT2D eigenvalue weighted by atomic mass is 32.2. The Morgan fingerprint density at radius 3 is 2.62 bits per heavy atom. The molecule has 0 radical (unpaired) electrons. The highest BCUT2D eigenvalue weighted by Gasteiger charge is 2.21. The fraction of sp³-hybridized carbons (Fsp3) is 0.438. The van der Waals surface area contributed by atoms with Crippen molar-refractivity contribution >= 4 is 15.7 Å². The number of amides is 1. The van der Waals surface area contributed by atoms with Crippen LogP contribution in [-0.4, -0.2) is 68.8 Å². The molecule has 0 atom stereocenters. The van der Waals surface area contributed by atoms with E-state index < -0.39 is 21.5 Å². The number of hydrogen-bond acceptors (Lipinski definition) is 8. The first kappa shape index (κ1) is 18.5. The third kappa shape index (κ3) is 4.87. The molecule has 3 rings (SSSR count). The number of morpholine rings is 1. The Balaban J connectivity index is 1.53. The summed E-state index contributed by atoms with van der Waals surface area (Å²) in [4.78, 5) is 14.4. The molecule has 2 aromatic rings. The van der Waals surface area contributed by atoms with Crippen LogP contribution in [0.3, 0.4) is 0 Å². The average molecular weight is 380 g/mol. The number of aromatic nitrogens is 2. The van der Waals surface area contributed by atoms with Crippen LogP contribution in [-0.2, 0) is 20.3 Å². The summed E-state index contributed by atoms with van der Waals surface area (Å²) in [6, 6.07) is 7.98. The van der Waals surface area contributed by atoms with Crippen LogP contribution in [0.25, 0.3) is 0 Å². The zero-order valence-electron chi connectivity index (χ0n) is 14.1. The van der Waals surface area contributed by atoms with Gasteiger partial charge in [0.25, 0.3) is 0 Å². The minimum atomic E-state index is -3.60. The maximum atomic E-state index is 12.3. The predicted octanol–water partition coefficient (Wildman–Crippen LogP) is 0.106. The Labute approximate surface area is 151 Å². The molecule has 1 aromatic carbocycles. The van der Waals surface area contributed by atoms with Gasteiger partial charge < -0.3 is 14.5 Å². The highest BCUT2D eigenvalue weighted by molar-refractivity contribution is 7.90. The minimum absolute atomic E-state index is 0.118. The Bertz CT molecular complexity index is 831. The topological polar surface area (TPSA) is 115 Å². The second-order valence-electron chi connectivity index (χ2n) is 5.78. The molecule has 1 fully saturated rings. The summed E-state index contributed by atoms with van der Waals surface area (Å²) >= 11 is 0. The minimum Gasteiger partial charge on any atom is -0.416 e. The molecule has 0 bridgehead atoms. The molecule has 0 spiro atoms. The average Bonchev–Trinajstić information content (AvgIpc) is 3.11. The molecular formula is C16H20N4O5S. The molecule has 1 N–H and O–H groups in total. The molecule has 1 amide bonds. The Morgan fingerprint density at radius 1 is 1.15 bits per heavy atom. The molecular weight excluding hydrogens is 360 g/mol. The van der Waals surface area contributed by atoms with Gasteiger partial charge in [-0.15, -0.1) is 10.2 Å². The lowest BCUT2D eigenvalue weighted by Gasteiger charge is -2.26. The highest BCUT2D eigenvalue weighted by Crippen LogP contribution is 2.15. The molecule has 0 unspecified atom stereocenters. The van der Waals surface area contributed by atoms with Crippen molar-refractivity contribution in [3.05, 3.63) is 42.1 Å². The van der Waals surface area contributed by atoms with Gasteiger partial charge in [0.15, 0.2) is 9.84 Å². The van der Waals surface area contributed by atoms with Gasteiger partial charge in [-0.2, -0.15) is 0 Å². The van der Waals surface area contributed by atoms with Gasteiger partial charge in [-0.1, -0.05) is 18.2 Å². The van der Waals surface area contributed by atoms with E-state index in [4.69, 9.17) is 9.15 Å². The van der Waals surface area contributed by atoms with Gasteiger partial charge in [-0.05, 0) is 12.1 Å². The summed E-state index contributed by atoms with van der Waals surface area (Å²) in [6.07, 6.45) is 0. The summed E-state index contributed by atoms with van der Waals surface area (Å²) in [5.74, 6) is -1.34.